The SMILES string of the molecule is CC/C=C/C=C/C=C/CCCCCCCC(=O)OC(COC(=O)CCCCCCCCCCCCCCCC/C=C/C/C=C/CC)CO[C@H]1O[C@H](CS(=O)(=O)O)[C@@H](O)C(O)C1O. The number of esters is 2. The highest BCUT2D eigenvalue weighted by atomic mass is 32.2. The third-order valence-corrected chi connectivity index (χ3v) is 11.4. The summed E-state index contributed by atoms with van der Waals surface area (Å²) in [5, 5.41) is 30.9. The summed E-state index contributed by atoms with van der Waals surface area (Å²) in [5.41, 5.74) is 0. The van der Waals surface area contributed by atoms with Crippen LogP contribution in [-0.4, -0.2) is 96.0 Å². The van der Waals surface area contributed by atoms with Crippen LogP contribution in [0.3, 0.4) is 0 Å². The average molecular weight is 897 g/mol. The molecule has 0 aromatic heterocycles. The van der Waals surface area contributed by atoms with Crippen LogP contribution in [0.5, 0.6) is 0 Å². The zero-order valence-corrected chi connectivity index (χ0v) is 39.0. The number of carbonyl (C=O) groups excluding carboxylic acids is 2. The van der Waals surface area contributed by atoms with Crippen LogP contribution in [0.1, 0.15) is 181 Å². The first-order chi connectivity index (χ1) is 30.0. The maximum absolute atomic E-state index is 12.8. The number of aliphatic hydroxyl groups is 3. The van der Waals surface area contributed by atoms with E-state index < -0.39 is 71.2 Å². The van der Waals surface area contributed by atoms with Crippen molar-refractivity contribution >= 4 is 22.1 Å². The number of rotatable bonds is 39. The summed E-state index contributed by atoms with van der Waals surface area (Å²) in [7, 11) is -4.61. The van der Waals surface area contributed by atoms with Crippen LogP contribution in [0.15, 0.2) is 60.8 Å². The molecule has 0 saturated carbocycles. The lowest BCUT2D eigenvalue weighted by Crippen LogP contribution is -2.60. The number of hydrogen-bond donors (Lipinski definition) is 4. The molecule has 0 aliphatic carbocycles. The number of hydrogen-bond acceptors (Lipinski definition) is 11. The Bertz CT molecular complexity index is 1370. The first-order valence-electron chi connectivity index (χ1n) is 23.9. The quantitative estimate of drug-likeness (QED) is 0.0151. The fourth-order valence-corrected chi connectivity index (χ4v) is 7.70. The predicted molar refractivity (Wildman–Crippen MR) is 247 cm³/mol. The molecule has 1 fully saturated rings. The van der Waals surface area contributed by atoms with E-state index in [1.54, 1.807) is 0 Å². The summed E-state index contributed by atoms with van der Waals surface area (Å²) in [4.78, 5) is 25.4. The molecule has 3 unspecified atom stereocenters. The molecule has 0 aromatic rings. The topological polar surface area (TPSA) is 186 Å². The molecular formula is C49H84O12S. The largest absolute Gasteiger partial charge is 0.462 e. The second-order valence-corrected chi connectivity index (χ2v) is 17.9. The first-order valence-corrected chi connectivity index (χ1v) is 25.5. The van der Waals surface area contributed by atoms with E-state index in [9.17, 15) is 37.9 Å². The summed E-state index contributed by atoms with van der Waals surface area (Å²) in [6.07, 6.45) is 38.4. The van der Waals surface area contributed by atoms with Crippen molar-refractivity contribution in [3.63, 3.8) is 0 Å². The fraction of sp³-hybridized carbons (Fsp3) is 0.755. The monoisotopic (exact) mass is 897 g/mol. The summed E-state index contributed by atoms with van der Waals surface area (Å²) in [5.74, 6) is -2.01. The minimum absolute atomic E-state index is 0.140. The Morgan fingerprint density at radius 2 is 1.05 bits per heavy atom. The maximum Gasteiger partial charge on any atom is 0.306 e. The molecule has 0 spiro atoms. The smallest absolute Gasteiger partial charge is 0.306 e. The normalized spacial score (nSPS) is 20.4. The highest BCUT2D eigenvalue weighted by Crippen LogP contribution is 2.24. The van der Waals surface area contributed by atoms with E-state index in [0.717, 1.165) is 70.6 Å². The van der Waals surface area contributed by atoms with Gasteiger partial charge in [-0.25, -0.2) is 0 Å². The second kappa shape index (κ2) is 38.8. The van der Waals surface area contributed by atoms with Gasteiger partial charge in [0.05, 0.1) is 6.61 Å². The molecule has 1 rings (SSSR count). The van der Waals surface area contributed by atoms with E-state index in [1.165, 1.54) is 70.6 Å². The van der Waals surface area contributed by atoms with Gasteiger partial charge in [0.2, 0.25) is 0 Å². The van der Waals surface area contributed by atoms with Gasteiger partial charge in [0, 0.05) is 12.8 Å². The van der Waals surface area contributed by atoms with E-state index >= 15 is 0 Å². The minimum Gasteiger partial charge on any atom is -0.462 e. The lowest BCUT2D eigenvalue weighted by atomic mass is 10.00. The second-order valence-electron chi connectivity index (χ2n) is 16.4. The highest BCUT2D eigenvalue weighted by molar-refractivity contribution is 7.85. The van der Waals surface area contributed by atoms with Gasteiger partial charge in [0.25, 0.3) is 10.1 Å². The molecule has 6 atom stereocenters. The zero-order valence-electron chi connectivity index (χ0n) is 38.2. The van der Waals surface area contributed by atoms with E-state index in [-0.39, 0.29) is 19.4 Å². The van der Waals surface area contributed by atoms with Gasteiger partial charge in [-0.2, -0.15) is 8.42 Å². The van der Waals surface area contributed by atoms with Crippen LogP contribution in [0.2, 0.25) is 0 Å². The van der Waals surface area contributed by atoms with Crippen LogP contribution < -0.4 is 0 Å². The molecule has 358 valence electrons. The lowest BCUT2D eigenvalue weighted by molar-refractivity contribution is -0.297. The molecule has 1 aliphatic rings. The Balaban J connectivity index is 2.37. The van der Waals surface area contributed by atoms with Gasteiger partial charge in [-0.1, -0.05) is 171 Å². The van der Waals surface area contributed by atoms with Crippen LogP contribution in [0, 0.1) is 0 Å². The summed E-state index contributed by atoms with van der Waals surface area (Å²) >= 11 is 0. The third kappa shape index (κ3) is 32.9. The van der Waals surface area contributed by atoms with Crippen molar-refractivity contribution in [1.82, 2.24) is 0 Å². The molecule has 0 radical (unpaired) electrons. The molecule has 4 N–H and O–H groups in total. The summed E-state index contributed by atoms with van der Waals surface area (Å²) < 4.78 is 54.1. The number of aliphatic hydroxyl groups excluding tert-OH is 3. The van der Waals surface area contributed by atoms with Crippen molar-refractivity contribution in [2.45, 2.75) is 218 Å². The summed E-state index contributed by atoms with van der Waals surface area (Å²) in [6.45, 7) is 3.51. The van der Waals surface area contributed by atoms with Gasteiger partial charge in [-0.15, -0.1) is 0 Å². The highest BCUT2D eigenvalue weighted by Gasteiger charge is 2.46. The van der Waals surface area contributed by atoms with Crippen molar-refractivity contribution < 1.29 is 56.8 Å². The third-order valence-electron chi connectivity index (χ3n) is 10.7. The van der Waals surface area contributed by atoms with Gasteiger partial charge in [-0.3, -0.25) is 14.1 Å². The maximum atomic E-state index is 12.8. The molecule has 1 aliphatic heterocycles. The average Bonchev–Trinajstić information content (AvgIpc) is 3.24. The number of allylic oxidation sites excluding steroid dienone is 10. The number of carbonyl (C=O) groups is 2. The lowest BCUT2D eigenvalue weighted by Gasteiger charge is -2.40. The van der Waals surface area contributed by atoms with Gasteiger partial charge in [-0.05, 0) is 57.8 Å². The Morgan fingerprint density at radius 3 is 1.60 bits per heavy atom. The predicted octanol–water partition coefficient (Wildman–Crippen LogP) is 10.1. The van der Waals surface area contributed by atoms with Crippen molar-refractivity contribution in [1.29, 1.82) is 0 Å². The Labute approximate surface area is 375 Å². The minimum atomic E-state index is -4.61. The van der Waals surface area contributed by atoms with E-state index in [4.69, 9.17) is 18.9 Å². The van der Waals surface area contributed by atoms with Crippen molar-refractivity contribution in [2.24, 2.45) is 0 Å². The van der Waals surface area contributed by atoms with Gasteiger partial charge in [0.15, 0.2) is 12.4 Å². The standard InChI is InChI=1S/C49H84O12S/c1-3-5-7-9-11-13-15-17-18-19-20-21-22-23-24-26-27-29-31-33-35-37-44(50)58-39-42(40-59-49-48(54)47(53)46(52)43(61-49)41-62(55,56)57)60-45(51)38-36-34-32-30-28-25-16-14-12-10-8-6-4-2/h5-8,10-14,16,42-43,46-49,52-54H,3-4,9,15,17-41H2,1-2H3,(H,55,56,57)/b7-5+,8-6+,12-10+,13-11+,16-14+/t42?,43-,46-,47?,48?,49+/m1/s1. The van der Waals surface area contributed by atoms with Gasteiger partial charge < -0.3 is 34.3 Å². The molecule has 13 heteroatoms. The van der Waals surface area contributed by atoms with Gasteiger partial charge >= 0.3 is 11.9 Å². The first kappa shape index (κ1) is 57.4. The van der Waals surface area contributed by atoms with Crippen LogP contribution in [0.25, 0.3) is 0 Å². The Kier molecular flexibility index (Phi) is 35.9. The van der Waals surface area contributed by atoms with Crippen molar-refractivity contribution in [2.75, 3.05) is 19.0 Å². The van der Waals surface area contributed by atoms with E-state index in [1.807, 2.05) is 24.3 Å². The number of ether oxygens (including phenoxy) is 4. The number of unbranched alkanes of at least 4 members (excludes halogenated alkanes) is 19. The molecule has 12 nitrogen and oxygen atoms in total. The van der Waals surface area contributed by atoms with E-state index in [2.05, 4.69) is 50.3 Å². The van der Waals surface area contributed by atoms with Crippen molar-refractivity contribution in [3.05, 3.63) is 60.8 Å². The van der Waals surface area contributed by atoms with Crippen LogP contribution in [0.4, 0.5) is 0 Å². The molecule has 0 aromatic carbocycles. The van der Waals surface area contributed by atoms with Crippen LogP contribution in [-0.2, 0) is 38.7 Å². The Morgan fingerprint density at radius 1 is 0.565 bits per heavy atom. The zero-order chi connectivity index (χ0) is 45.5. The molecule has 0 bridgehead atoms. The molecule has 62 heavy (non-hydrogen) atoms. The molecule has 1 saturated heterocycles. The summed E-state index contributed by atoms with van der Waals surface area (Å²) in [6, 6.07) is 0. The Hall–Kier alpha value is -2.65. The fourth-order valence-electron chi connectivity index (χ4n) is 7.01. The molecule has 1 heterocycles. The van der Waals surface area contributed by atoms with E-state index in [0.29, 0.717) is 12.8 Å². The van der Waals surface area contributed by atoms with Crippen LogP contribution >= 0.6 is 0 Å². The molecule has 0 amide bonds. The van der Waals surface area contributed by atoms with Gasteiger partial charge in [0.1, 0.15) is 36.8 Å². The molecular weight excluding hydrogens is 813 g/mol. The van der Waals surface area contributed by atoms with Crippen molar-refractivity contribution in [3.8, 4) is 0 Å².